The van der Waals surface area contributed by atoms with Crippen molar-refractivity contribution < 1.29 is 9.59 Å². The zero-order valence-corrected chi connectivity index (χ0v) is 17.3. The molecule has 1 atom stereocenters. The first-order chi connectivity index (χ1) is 14.6. The van der Waals surface area contributed by atoms with Crippen LogP contribution in [0.15, 0.2) is 97.6 Å². The monoisotopic (exact) mass is 418 g/mol. The third-order valence-corrected chi connectivity index (χ3v) is 5.01. The Labute approximate surface area is 181 Å². The average Bonchev–Trinajstić information content (AvgIpc) is 2.78. The van der Waals surface area contributed by atoms with Crippen molar-refractivity contribution in [1.29, 1.82) is 0 Å². The molecule has 0 spiro atoms. The minimum atomic E-state index is -0.501. The minimum absolute atomic E-state index is 0.100. The molecule has 0 radical (unpaired) electrons. The molecule has 4 nitrogen and oxygen atoms in total. The van der Waals surface area contributed by atoms with Crippen LogP contribution >= 0.6 is 11.6 Å². The predicted octanol–water partition coefficient (Wildman–Crippen LogP) is 5.42. The molecule has 0 aromatic heterocycles. The van der Waals surface area contributed by atoms with Gasteiger partial charge in [-0.15, -0.1) is 6.58 Å². The Morgan fingerprint density at radius 1 is 0.933 bits per heavy atom. The first-order valence-corrected chi connectivity index (χ1v) is 10.0. The van der Waals surface area contributed by atoms with Crippen LogP contribution in [0, 0.1) is 0 Å². The van der Waals surface area contributed by atoms with Crippen molar-refractivity contribution in [3.63, 3.8) is 0 Å². The van der Waals surface area contributed by atoms with Crippen LogP contribution in [-0.4, -0.2) is 18.4 Å². The van der Waals surface area contributed by atoms with Crippen molar-refractivity contribution in [1.82, 2.24) is 5.32 Å². The van der Waals surface area contributed by atoms with Gasteiger partial charge in [-0.2, -0.15) is 0 Å². The Kier molecular flexibility index (Phi) is 7.41. The van der Waals surface area contributed by atoms with E-state index in [0.29, 0.717) is 17.1 Å². The Morgan fingerprint density at radius 3 is 2.17 bits per heavy atom. The summed E-state index contributed by atoms with van der Waals surface area (Å²) >= 11 is 6.18. The average molecular weight is 419 g/mol. The van der Waals surface area contributed by atoms with E-state index in [2.05, 4.69) is 11.9 Å². The van der Waals surface area contributed by atoms with Gasteiger partial charge in [-0.25, -0.2) is 0 Å². The Morgan fingerprint density at radius 2 is 1.53 bits per heavy atom. The molecule has 0 aliphatic rings. The highest BCUT2D eigenvalue weighted by Gasteiger charge is 2.23. The third kappa shape index (κ3) is 5.37. The topological polar surface area (TPSA) is 49.4 Å². The minimum Gasteiger partial charge on any atom is -0.345 e. The smallest absolute Gasteiger partial charge is 0.253 e. The van der Waals surface area contributed by atoms with Gasteiger partial charge in [-0.1, -0.05) is 78.3 Å². The summed E-state index contributed by atoms with van der Waals surface area (Å²) < 4.78 is 0. The van der Waals surface area contributed by atoms with E-state index in [1.165, 1.54) is 0 Å². The lowest BCUT2D eigenvalue weighted by Crippen LogP contribution is -2.36. The van der Waals surface area contributed by atoms with E-state index in [4.69, 9.17) is 11.6 Å². The molecule has 152 valence electrons. The maximum Gasteiger partial charge on any atom is 0.253 e. The van der Waals surface area contributed by atoms with Gasteiger partial charge in [0, 0.05) is 12.2 Å². The molecule has 0 aliphatic carbocycles. The number of carbonyl (C=O) groups excluding carboxylic acids is 2. The second kappa shape index (κ2) is 10.4. The Balaban J connectivity index is 1.85. The third-order valence-electron chi connectivity index (χ3n) is 4.69. The maximum atomic E-state index is 13.2. The molecule has 3 aromatic rings. The van der Waals surface area contributed by atoms with Crippen molar-refractivity contribution in [2.24, 2.45) is 0 Å². The summed E-state index contributed by atoms with van der Waals surface area (Å²) in [6.07, 6.45) is 1.79. The van der Waals surface area contributed by atoms with Crippen LogP contribution < -0.4 is 10.2 Å². The fraction of sp³-hybridized carbons (Fsp3) is 0.120. The highest BCUT2D eigenvalue weighted by Crippen LogP contribution is 2.23. The largest absolute Gasteiger partial charge is 0.345 e. The second-order valence-corrected chi connectivity index (χ2v) is 7.16. The van der Waals surface area contributed by atoms with Gasteiger partial charge < -0.3 is 10.2 Å². The molecule has 0 saturated carbocycles. The molecule has 3 rings (SSSR count). The van der Waals surface area contributed by atoms with Crippen LogP contribution in [0.3, 0.4) is 0 Å². The molecule has 0 fully saturated rings. The van der Waals surface area contributed by atoms with Crippen molar-refractivity contribution in [3.05, 3.63) is 114 Å². The van der Waals surface area contributed by atoms with E-state index >= 15 is 0 Å². The number of anilines is 1. The molecule has 0 aliphatic heterocycles. The molecular weight excluding hydrogens is 396 g/mol. The molecular formula is C25H23ClN2O2. The van der Waals surface area contributed by atoms with E-state index in [1.54, 1.807) is 35.2 Å². The number of hydrogen-bond donors (Lipinski definition) is 1. The molecule has 0 heterocycles. The van der Waals surface area contributed by atoms with Gasteiger partial charge in [0.15, 0.2) is 0 Å². The van der Waals surface area contributed by atoms with Gasteiger partial charge in [0.1, 0.15) is 0 Å². The molecule has 0 saturated heterocycles. The summed E-state index contributed by atoms with van der Waals surface area (Å²) in [7, 11) is 0. The van der Waals surface area contributed by atoms with Crippen LogP contribution in [0.25, 0.3) is 0 Å². The first-order valence-electron chi connectivity index (χ1n) is 9.67. The first kappa shape index (κ1) is 21.3. The zero-order chi connectivity index (χ0) is 21.3. The fourth-order valence-electron chi connectivity index (χ4n) is 3.19. The lowest BCUT2D eigenvalue weighted by Gasteiger charge is -2.25. The SMILES string of the molecule is C=CCN(C(=O)CC(NC(=O)c1ccccc1Cl)c1ccccc1)c1ccccc1. The van der Waals surface area contributed by atoms with E-state index in [0.717, 1.165) is 11.3 Å². The van der Waals surface area contributed by atoms with E-state index in [9.17, 15) is 9.59 Å². The highest BCUT2D eigenvalue weighted by molar-refractivity contribution is 6.33. The summed E-state index contributed by atoms with van der Waals surface area (Å²) in [5.74, 6) is -0.438. The van der Waals surface area contributed by atoms with E-state index in [1.807, 2.05) is 60.7 Å². The Bertz CT molecular complexity index is 1010. The number of halogens is 1. The summed E-state index contributed by atoms with van der Waals surface area (Å²) in [6.45, 7) is 4.14. The number of carbonyl (C=O) groups is 2. The standard InChI is InChI=1S/C25H23ClN2O2/c1-2-17-28(20-13-7-4-8-14-20)24(29)18-23(19-11-5-3-6-12-19)27-25(30)21-15-9-10-16-22(21)26/h2-16,23H,1,17-18H2,(H,27,30). The van der Waals surface area contributed by atoms with Gasteiger partial charge in [-0.3, -0.25) is 9.59 Å². The van der Waals surface area contributed by atoms with Crippen LogP contribution in [0.2, 0.25) is 5.02 Å². The van der Waals surface area contributed by atoms with Crippen LogP contribution in [0.4, 0.5) is 5.69 Å². The lowest BCUT2D eigenvalue weighted by atomic mass is 10.0. The molecule has 0 bridgehead atoms. The molecule has 3 aromatic carbocycles. The quantitative estimate of drug-likeness (QED) is 0.496. The highest BCUT2D eigenvalue weighted by atomic mass is 35.5. The fourth-order valence-corrected chi connectivity index (χ4v) is 3.41. The van der Waals surface area contributed by atoms with Gasteiger partial charge in [0.05, 0.1) is 23.0 Å². The Hall–Kier alpha value is -3.37. The maximum absolute atomic E-state index is 13.2. The van der Waals surface area contributed by atoms with Crippen LogP contribution in [0.5, 0.6) is 0 Å². The normalized spacial score (nSPS) is 11.4. The van der Waals surface area contributed by atoms with Crippen molar-refractivity contribution in [3.8, 4) is 0 Å². The number of hydrogen-bond acceptors (Lipinski definition) is 2. The summed E-state index contributed by atoms with van der Waals surface area (Å²) in [4.78, 5) is 27.7. The number of rotatable bonds is 8. The number of nitrogens with one attached hydrogen (secondary N) is 1. The van der Waals surface area contributed by atoms with Gasteiger partial charge in [-0.05, 0) is 29.8 Å². The molecule has 1 N–H and O–H groups in total. The number of benzene rings is 3. The van der Waals surface area contributed by atoms with Gasteiger partial charge in [0.25, 0.3) is 5.91 Å². The zero-order valence-electron chi connectivity index (χ0n) is 16.5. The molecule has 30 heavy (non-hydrogen) atoms. The summed E-state index contributed by atoms with van der Waals surface area (Å²) in [5.41, 5.74) is 2.00. The predicted molar refractivity (Wildman–Crippen MR) is 122 cm³/mol. The van der Waals surface area contributed by atoms with Crippen LogP contribution in [0.1, 0.15) is 28.4 Å². The summed E-state index contributed by atoms with van der Waals surface area (Å²) in [6, 6.07) is 25.2. The van der Waals surface area contributed by atoms with Crippen molar-refractivity contribution in [2.75, 3.05) is 11.4 Å². The lowest BCUT2D eigenvalue weighted by molar-refractivity contribution is -0.119. The van der Waals surface area contributed by atoms with Gasteiger partial charge >= 0.3 is 0 Å². The number of para-hydroxylation sites is 1. The molecule has 1 unspecified atom stereocenters. The number of amides is 2. The number of nitrogens with zero attached hydrogens (tertiary/aromatic N) is 1. The second-order valence-electron chi connectivity index (χ2n) is 6.75. The summed E-state index contributed by atoms with van der Waals surface area (Å²) in [5, 5.41) is 3.34. The van der Waals surface area contributed by atoms with Crippen molar-refractivity contribution >= 4 is 29.1 Å². The van der Waals surface area contributed by atoms with Gasteiger partial charge in [0.2, 0.25) is 5.91 Å². The van der Waals surface area contributed by atoms with Crippen molar-refractivity contribution in [2.45, 2.75) is 12.5 Å². The molecule has 5 heteroatoms. The van der Waals surface area contributed by atoms with Crippen LogP contribution in [-0.2, 0) is 4.79 Å². The van der Waals surface area contributed by atoms with E-state index in [-0.39, 0.29) is 18.2 Å². The molecule has 2 amide bonds. The van der Waals surface area contributed by atoms with E-state index < -0.39 is 6.04 Å².